The van der Waals surface area contributed by atoms with Gasteiger partial charge in [0.2, 0.25) is 0 Å². The van der Waals surface area contributed by atoms with Gasteiger partial charge in [0, 0.05) is 38.9 Å². The van der Waals surface area contributed by atoms with Gasteiger partial charge in [-0.05, 0) is 37.1 Å². The first-order valence-electron chi connectivity index (χ1n) is 7.17. The molecule has 0 bridgehead atoms. The van der Waals surface area contributed by atoms with E-state index in [1.54, 1.807) is 7.11 Å². The van der Waals surface area contributed by atoms with Crippen LogP contribution >= 0.6 is 0 Å². The van der Waals surface area contributed by atoms with Crippen LogP contribution < -0.4 is 0 Å². The van der Waals surface area contributed by atoms with Crippen LogP contribution in [0.2, 0.25) is 0 Å². The number of halogens is 1. The Morgan fingerprint density at radius 3 is 2.19 bits per heavy atom. The monoisotopic (exact) mass is 298 g/mol. The van der Waals surface area contributed by atoms with Gasteiger partial charge in [0.25, 0.3) is 0 Å². The van der Waals surface area contributed by atoms with Crippen molar-refractivity contribution >= 4 is 5.78 Å². The van der Waals surface area contributed by atoms with Crippen LogP contribution in [0.15, 0.2) is 24.3 Å². The molecule has 0 aliphatic rings. The Labute approximate surface area is 125 Å². The van der Waals surface area contributed by atoms with Crippen LogP contribution in [0.5, 0.6) is 0 Å². The van der Waals surface area contributed by atoms with E-state index >= 15 is 0 Å². The summed E-state index contributed by atoms with van der Waals surface area (Å²) in [6.07, 6.45) is 1.93. The molecule has 1 aromatic carbocycles. The van der Waals surface area contributed by atoms with Crippen molar-refractivity contribution in [2.24, 2.45) is 0 Å². The van der Waals surface area contributed by atoms with Crippen molar-refractivity contribution in [3.05, 3.63) is 35.6 Å². The van der Waals surface area contributed by atoms with Crippen molar-refractivity contribution in [2.45, 2.75) is 19.3 Å². The Hall–Kier alpha value is -1.30. The van der Waals surface area contributed by atoms with Crippen LogP contribution in [0.1, 0.15) is 29.6 Å². The zero-order chi connectivity index (χ0) is 15.3. The van der Waals surface area contributed by atoms with Gasteiger partial charge in [0.15, 0.2) is 5.78 Å². The van der Waals surface area contributed by atoms with E-state index in [0.29, 0.717) is 51.4 Å². The molecule has 0 radical (unpaired) electrons. The van der Waals surface area contributed by atoms with Crippen LogP contribution in [0.4, 0.5) is 4.39 Å². The molecule has 0 amide bonds. The minimum atomic E-state index is -0.333. The van der Waals surface area contributed by atoms with Crippen molar-refractivity contribution in [3.63, 3.8) is 0 Å². The molecule has 0 saturated heterocycles. The van der Waals surface area contributed by atoms with Gasteiger partial charge in [-0.3, -0.25) is 4.79 Å². The Balaban J connectivity index is 1.96. The summed E-state index contributed by atoms with van der Waals surface area (Å²) < 4.78 is 28.3. The standard InChI is InChI=1S/C16H23FO4/c1-19-9-3-11-21-13-12-20-10-2-4-16(18)14-5-7-15(17)8-6-14/h5-8H,2-4,9-13H2,1H3. The molecule has 0 saturated carbocycles. The van der Waals surface area contributed by atoms with Gasteiger partial charge in [-0.2, -0.15) is 0 Å². The first-order chi connectivity index (χ1) is 10.2. The summed E-state index contributed by atoms with van der Waals surface area (Å²) in [6, 6.07) is 5.61. The number of carbonyl (C=O) groups is 1. The topological polar surface area (TPSA) is 44.8 Å². The molecular formula is C16H23FO4. The molecule has 0 atom stereocenters. The highest BCUT2D eigenvalue weighted by Crippen LogP contribution is 2.07. The normalized spacial score (nSPS) is 10.8. The molecule has 0 N–H and O–H groups in total. The molecule has 118 valence electrons. The van der Waals surface area contributed by atoms with Crippen molar-refractivity contribution in [3.8, 4) is 0 Å². The summed E-state index contributed by atoms with van der Waals surface area (Å²) in [5.74, 6) is -0.324. The first-order valence-corrected chi connectivity index (χ1v) is 7.17. The first kappa shape index (κ1) is 17.8. The van der Waals surface area contributed by atoms with Crippen molar-refractivity contribution < 1.29 is 23.4 Å². The number of methoxy groups -OCH3 is 1. The van der Waals surface area contributed by atoms with E-state index in [9.17, 15) is 9.18 Å². The van der Waals surface area contributed by atoms with Crippen LogP contribution in [0.3, 0.4) is 0 Å². The lowest BCUT2D eigenvalue weighted by molar-refractivity contribution is 0.0386. The largest absolute Gasteiger partial charge is 0.385 e. The lowest BCUT2D eigenvalue weighted by atomic mass is 10.1. The van der Waals surface area contributed by atoms with E-state index in [2.05, 4.69) is 0 Å². The maximum absolute atomic E-state index is 12.7. The van der Waals surface area contributed by atoms with E-state index < -0.39 is 0 Å². The summed E-state index contributed by atoms with van der Waals surface area (Å²) in [4.78, 5) is 11.8. The summed E-state index contributed by atoms with van der Waals surface area (Å²) in [5.41, 5.74) is 0.540. The summed E-state index contributed by atoms with van der Waals surface area (Å²) >= 11 is 0. The third-order valence-electron chi connectivity index (χ3n) is 2.87. The third kappa shape index (κ3) is 8.55. The number of Topliss-reactive ketones (excluding diaryl/α,β-unsaturated/α-hetero) is 1. The van der Waals surface area contributed by atoms with Crippen molar-refractivity contribution in [1.29, 1.82) is 0 Å². The Morgan fingerprint density at radius 2 is 1.57 bits per heavy atom. The molecule has 0 fully saturated rings. The number of rotatable bonds is 12. The summed E-state index contributed by atoms with van der Waals surface area (Å²) in [7, 11) is 1.66. The smallest absolute Gasteiger partial charge is 0.162 e. The number of benzene rings is 1. The number of ether oxygens (including phenoxy) is 3. The molecule has 0 aromatic heterocycles. The lowest BCUT2D eigenvalue weighted by Crippen LogP contribution is -2.08. The van der Waals surface area contributed by atoms with Gasteiger partial charge >= 0.3 is 0 Å². The Morgan fingerprint density at radius 1 is 0.952 bits per heavy atom. The zero-order valence-electron chi connectivity index (χ0n) is 12.5. The van der Waals surface area contributed by atoms with E-state index in [0.717, 1.165) is 6.42 Å². The maximum Gasteiger partial charge on any atom is 0.162 e. The fraction of sp³-hybridized carbons (Fsp3) is 0.562. The number of hydrogen-bond donors (Lipinski definition) is 0. The predicted octanol–water partition coefficient (Wildman–Crippen LogP) is 2.86. The van der Waals surface area contributed by atoms with Crippen LogP contribution in [0.25, 0.3) is 0 Å². The average molecular weight is 298 g/mol. The molecule has 1 aromatic rings. The molecule has 4 nitrogen and oxygen atoms in total. The summed E-state index contributed by atoms with van der Waals surface area (Å²) in [5, 5.41) is 0. The number of hydrogen-bond acceptors (Lipinski definition) is 4. The van der Waals surface area contributed by atoms with E-state index in [1.165, 1.54) is 24.3 Å². The molecule has 0 unspecified atom stereocenters. The van der Waals surface area contributed by atoms with Gasteiger partial charge in [-0.1, -0.05) is 0 Å². The minimum absolute atomic E-state index is 0.00872. The Kier molecular flexibility index (Phi) is 9.61. The van der Waals surface area contributed by atoms with Crippen LogP contribution in [0, 0.1) is 5.82 Å². The van der Waals surface area contributed by atoms with Gasteiger partial charge in [-0.25, -0.2) is 4.39 Å². The fourth-order valence-electron chi connectivity index (χ4n) is 1.74. The minimum Gasteiger partial charge on any atom is -0.385 e. The van der Waals surface area contributed by atoms with Gasteiger partial charge in [-0.15, -0.1) is 0 Å². The molecule has 0 aliphatic heterocycles. The average Bonchev–Trinajstić information content (AvgIpc) is 2.49. The highest BCUT2D eigenvalue weighted by molar-refractivity contribution is 5.95. The lowest BCUT2D eigenvalue weighted by Gasteiger charge is -2.05. The van der Waals surface area contributed by atoms with E-state index in [4.69, 9.17) is 14.2 Å². The van der Waals surface area contributed by atoms with Gasteiger partial charge < -0.3 is 14.2 Å². The van der Waals surface area contributed by atoms with Crippen LogP contribution in [-0.2, 0) is 14.2 Å². The maximum atomic E-state index is 12.7. The Bertz CT molecular complexity index is 392. The van der Waals surface area contributed by atoms with Crippen LogP contribution in [-0.4, -0.2) is 45.9 Å². The highest BCUT2D eigenvalue weighted by atomic mass is 19.1. The molecular weight excluding hydrogens is 275 g/mol. The second-order valence-corrected chi connectivity index (χ2v) is 4.60. The van der Waals surface area contributed by atoms with Gasteiger partial charge in [0.1, 0.15) is 5.82 Å². The van der Waals surface area contributed by atoms with Crippen molar-refractivity contribution in [1.82, 2.24) is 0 Å². The fourth-order valence-corrected chi connectivity index (χ4v) is 1.74. The molecule has 5 heteroatoms. The predicted molar refractivity (Wildman–Crippen MR) is 78.1 cm³/mol. The summed E-state index contributed by atoms with van der Waals surface area (Å²) in [6.45, 7) is 2.97. The molecule has 1 rings (SSSR count). The number of ketones is 1. The number of carbonyl (C=O) groups excluding carboxylic acids is 1. The molecule has 21 heavy (non-hydrogen) atoms. The van der Waals surface area contributed by atoms with E-state index in [1.807, 2.05) is 0 Å². The molecule has 0 spiro atoms. The highest BCUT2D eigenvalue weighted by Gasteiger charge is 2.05. The van der Waals surface area contributed by atoms with Gasteiger partial charge in [0.05, 0.1) is 13.2 Å². The zero-order valence-corrected chi connectivity index (χ0v) is 12.5. The SMILES string of the molecule is COCCCOCCOCCCC(=O)c1ccc(F)cc1. The van der Waals surface area contributed by atoms with E-state index in [-0.39, 0.29) is 11.6 Å². The second-order valence-electron chi connectivity index (χ2n) is 4.60. The van der Waals surface area contributed by atoms with Crippen molar-refractivity contribution in [2.75, 3.05) is 40.1 Å². The molecule has 0 heterocycles. The quantitative estimate of drug-likeness (QED) is 0.440. The second kappa shape index (κ2) is 11.4. The third-order valence-corrected chi connectivity index (χ3v) is 2.87. The molecule has 0 aliphatic carbocycles.